The number of hydrogen-bond donors (Lipinski definition) is 1. The number of carbonyl (C=O) groups is 1. The van der Waals surface area contributed by atoms with Crippen molar-refractivity contribution in [1.82, 2.24) is 9.97 Å². The third-order valence-corrected chi connectivity index (χ3v) is 3.76. The molecule has 0 spiro atoms. The Hall–Kier alpha value is -3.14. The van der Waals surface area contributed by atoms with Gasteiger partial charge in [0.25, 0.3) is 0 Å². The maximum atomic E-state index is 11.0. The minimum atomic E-state index is -1.02. The third-order valence-electron chi connectivity index (χ3n) is 3.76. The SMILES string of the molecule is N#Cc1ccc(N2CCN(c3cccc(C(=O)O)n3)CC2)nc1. The summed E-state index contributed by atoms with van der Waals surface area (Å²) in [6, 6.07) is 10.7. The van der Waals surface area contributed by atoms with Crippen LogP contribution in [0.3, 0.4) is 0 Å². The summed E-state index contributed by atoms with van der Waals surface area (Å²) in [4.78, 5) is 23.7. The highest BCUT2D eigenvalue weighted by Gasteiger charge is 2.19. The summed E-state index contributed by atoms with van der Waals surface area (Å²) in [5, 5.41) is 17.8. The summed E-state index contributed by atoms with van der Waals surface area (Å²) >= 11 is 0. The summed E-state index contributed by atoms with van der Waals surface area (Å²) in [7, 11) is 0. The van der Waals surface area contributed by atoms with Gasteiger partial charge >= 0.3 is 5.97 Å². The Morgan fingerprint density at radius 2 is 1.78 bits per heavy atom. The van der Waals surface area contributed by atoms with E-state index in [1.165, 1.54) is 6.07 Å². The molecule has 0 aromatic carbocycles. The van der Waals surface area contributed by atoms with Gasteiger partial charge in [-0.25, -0.2) is 14.8 Å². The molecule has 1 aliphatic heterocycles. The number of pyridine rings is 2. The number of nitrogens with zero attached hydrogens (tertiary/aromatic N) is 5. The van der Waals surface area contributed by atoms with E-state index in [1.807, 2.05) is 12.1 Å². The minimum absolute atomic E-state index is 0.0543. The topological polar surface area (TPSA) is 93.4 Å². The second-order valence-electron chi connectivity index (χ2n) is 5.18. The summed E-state index contributed by atoms with van der Waals surface area (Å²) < 4.78 is 0. The van der Waals surface area contributed by atoms with Gasteiger partial charge in [-0.15, -0.1) is 0 Å². The van der Waals surface area contributed by atoms with Crippen LogP contribution in [0.15, 0.2) is 36.5 Å². The molecule has 1 N–H and O–H groups in total. The molecule has 0 radical (unpaired) electrons. The summed E-state index contributed by atoms with van der Waals surface area (Å²) in [5.41, 5.74) is 0.598. The molecule has 1 aliphatic rings. The van der Waals surface area contributed by atoms with Crippen LogP contribution in [0, 0.1) is 11.3 Å². The molecule has 1 saturated heterocycles. The predicted molar refractivity (Wildman–Crippen MR) is 84.6 cm³/mol. The van der Waals surface area contributed by atoms with E-state index >= 15 is 0 Å². The van der Waals surface area contributed by atoms with Gasteiger partial charge in [0.2, 0.25) is 0 Å². The summed E-state index contributed by atoms with van der Waals surface area (Å²) in [5.74, 6) is 0.500. The highest BCUT2D eigenvalue weighted by Crippen LogP contribution is 2.18. The van der Waals surface area contributed by atoms with E-state index in [1.54, 1.807) is 18.3 Å². The van der Waals surface area contributed by atoms with Crippen molar-refractivity contribution in [2.75, 3.05) is 36.0 Å². The molecule has 0 unspecified atom stereocenters. The van der Waals surface area contributed by atoms with Gasteiger partial charge in [-0.3, -0.25) is 0 Å². The molecule has 7 nitrogen and oxygen atoms in total. The van der Waals surface area contributed by atoms with Crippen LogP contribution in [0.4, 0.5) is 11.6 Å². The Bertz CT molecular complexity index is 746. The van der Waals surface area contributed by atoms with Gasteiger partial charge in [-0.1, -0.05) is 6.07 Å². The Morgan fingerprint density at radius 3 is 2.35 bits per heavy atom. The van der Waals surface area contributed by atoms with Crippen LogP contribution in [-0.2, 0) is 0 Å². The Balaban J connectivity index is 1.67. The lowest BCUT2D eigenvalue weighted by Gasteiger charge is -2.36. The zero-order valence-electron chi connectivity index (χ0n) is 12.4. The number of nitriles is 1. The highest BCUT2D eigenvalue weighted by molar-refractivity contribution is 5.85. The van der Waals surface area contributed by atoms with E-state index in [-0.39, 0.29) is 5.69 Å². The fourth-order valence-corrected chi connectivity index (χ4v) is 2.52. The molecule has 1 fully saturated rings. The number of piperazine rings is 1. The van der Waals surface area contributed by atoms with E-state index in [9.17, 15) is 4.79 Å². The van der Waals surface area contributed by atoms with Crippen molar-refractivity contribution in [2.45, 2.75) is 0 Å². The average Bonchev–Trinajstić information content (AvgIpc) is 2.62. The lowest BCUT2D eigenvalue weighted by molar-refractivity contribution is 0.0690. The Labute approximate surface area is 133 Å². The van der Waals surface area contributed by atoms with Gasteiger partial charge in [0.05, 0.1) is 5.56 Å². The van der Waals surface area contributed by atoms with Crippen molar-refractivity contribution >= 4 is 17.6 Å². The first-order valence-corrected chi connectivity index (χ1v) is 7.24. The van der Waals surface area contributed by atoms with Crippen molar-refractivity contribution in [3.8, 4) is 6.07 Å². The molecule has 116 valence electrons. The van der Waals surface area contributed by atoms with Gasteiger partial charge in [0, 0.05) is 32.4 Å². The molecule has 2 aromatic rings. The molecule has 0 bridgehead atoms. The summed E-state index contributed by atoms with van der Waals surface area (Å²) in [6.45, 7) is 2.99. The molecule has 0 saturated carbocycles. The van der Waals surface area contributed by atoms with E-state index in [4.69, 9.17) is 10.4 Å². The standard InChI is InChI=1S/C16H15N5O2/c17-10-12-4-5-14(18-11-12)20-6-8-21(9-7-20)15-3-1-2-13(19-15)16(22)23/h1-5,11H,6-9H2,(H,22,23). The van der Waals surface area contributed by atoms with Gasteiger partial charge in [-0.2, -0.15) is 5.26 Å². The van der Waals surface area contributed by atoms with Crippen LogP contribution in [0.5, 0.6) is 0 Å². The fraction of sp³-hybridized carbons (Fsp3) is 0.250. The quantitative estimate of drug-likeness (QED) is 0.915. The smallest absolute Gasteiger partial charge is 0.354 e. The van der Waals surface area contributed by atoms with Crippen LogP contribution < -0.4 is 9.80 Å². The second kappa shape index (κ2) is 6.32. The lowest BCUT2D eigenvalue weighted by atomic mass is 10.2. The first-order valence-electron chi connectivity index (χ1n) is 7.24. The van der Waals surface area contributed by atoms with Crippen LogP contribution in [0.2, 0.25) is 0 Å². The summed E-state index contributed by atoms with van der Waals surface area (Å²) in [6.07, 6.45) is 1.57. The molecule has 23 heavy (non-hydrogen) atoms. The lowest BCUT2D eigenvalue weighted by Crippen LogP contribution is -2.47. The molecule has 0 aliphatic carbocycles. The van der Waals surface area contributed by atoms with Crippen LogP contribution in [-0.4, -0.2) is 47.2 Å². The third kappa shape index (κ3) is 3.21. The van der Waals surface area contributed by atoms with Gasteiger partial charge in [0.1, 0.15) is 17.7 Å². The maximum absolute atomic E-state index is 11.0. The van der Waals surface area contributed by atoms with E-state index in [2.05, 4.69) is 25.8 Å². The number of carboxylic acid groups (broad SMARTS) is 1. The first-order chi connectivity index (χ1) is 11.2. The first kappa shape index (κ1) is 14.8. The minimum Gasteiger partial charge on any atom is -0.477 e. The molecule has 0 atom stereocenters. The Kier molecular flexibility index (Phi) is 4.06. The predicted octanol–water partition coefficient (Wildman–Crippen LogP) is 1.37. The van der Waals surface area contributed by atoms with E-state index in [0.717, 1.165) is 32.0 Å². The highest BCUT2D eigenvalue weighted by atomic mass is 16.4. The average molecular weight is 309 g/mol. The monoisotopic (exact) mass is 309 g/mol. The van der Waals surface area contributed by atoms with E-state index in [0.29, 0.717) is 11.4 Å². The second-order valence-corrected chi connectivity index (χ2v) is 5.18. The van der Waals surface area contributed by atoms with Gasteiger partial charge < -0.3 is 14.9 Å². The van der Waals surface area contributed by atoms with Crippen LogP contribution in [0.1, 0.15) is 16.1 Å². The zero-order chi connectivity index (χ0) is 16.2. The number of anilines is 2. The number of aromatic nitrogens is 2. The number of carboxylic acids is 1. The number of hydrogen-bond acceptors (Lipinski definition) is 6. The van der Waals surface area contributed by atoms with Crippen molar-refractivity contribution in [3.05, 3.63) is 47.8 Å². The van der Waals surface area contributed by atoms with E-state index < -0.39 is 5.97 Å². The number of rotatable bonds is 3. The maximum Gasteiger partial charge on any atom is 0.354 e. The molecule has 7 heteroatoms. The van der Waals surface area contributed by atoms with Crippen molar-refractivity contribution in [3.63, 3.8) is 0 Å². The van der Waals surface area contributed by atoms with Gasteiger partial charge in [0.15, 0.2) is 5.69 Å². The molecular weight excluding hydrogens is 294 g/mol. The normalized spacial score (nSPS) is 14.4. The molecule has 0 amide bonds. The van der Waals surface area contributed by atoms with Crippen molar-refractivity contribution in [1.29, 1.82) is 5.26 Å². The number of aromatic carboxylic acids is 1. The van der Waals surface area contributed by atoms with Crippen molar-refractivity contribution in [2.24, 2.45) is 0 Å². The Morgan fingerprint density at radius 1 is 1.09 bits per heavy atom. The van der Waals surface area contributed by atoms with Crippen molar-refractivity contribution < 1.29 is 9.90 Å². The van der Waals surface area contributed by atoms with Crippen LogP contribution in [0.25, 0.3) is 0 Å². The molecule has 2 aromatic heterocycles. The molecule has 3 rings (SSSR count). The largest absolute Gasteiger partial charge is 0.477 e. The molecular formula is C16H15N5O2. The fourth-order valence-electron chi connectivity index (χ4n) is 2.52. The van der Waals surface area contributed by atoms with Gasteiger partial charge in [-0.05, 0) is 24.3 Å². The van der Waals surface area contributed by atoms with Crippen LogP contribution >= 0.6 is 0 Å². The molecule has 3 heterocycles. The zero-order valence-corrected chi connectivity index (χ0v) is 12.4.